The highest BCUT2D eigenvalue weighted by Gasteiger charge is 2.44. The summed E-state index contributed by atoms with van der Waals surface area (Å²) in [6.45, 7) is 3.98. The lowest BCUT2D eigenvalue weighted by Crippen LogP contribution is -2.54. The third-order valence-corrected chi connectivity index (χ3v) is 10.4. The van der Waals surface area contributed by atoms with Crippen LogP contribution in [0.4, 0.5) is 5.82 Å². The summed E-state index contributed by atoms with van der Waals surface area (Å²) in [5, 5.41) is 5.77. The summed E-state index contributed by atoms with van der Waals surface area (Å²) in [5.41, 5.74) is 1.29. The maximum Gasteiger partial charge on any atom is 0.271 e. The van der Waals surface area contributed by atoms with Crippen LogP contribution in [0, 0.1) is 12.3 Å². The number of anilines is 1. The van der Waals surface area contributed by atoms with Crippen LogP contribution in [0.2, 0.25) is 5.02 Å². The van der Waals surface area contributed by atoms with Crippen molar-refractivity contribution >= 4 is 47.0 Å². The Kier molecular flexibility index (Phi) is 10.6. The van der Waals surface area contributed by atoms with Crippen molar-refractivity contribution in [3.63, 3.8) is 0 Å². The van der Waals surface area contributed by atoms with Crippen molar-refractivity contribution < 1.29 is 33.4 Å². The average molecular weight is 740 g/mol. The molecular weight excluding hydrogens is 702 g/mol. The number of aromatic nitrogens is 2. The number of carbonyl (C=O) groups is 5. The summed E-state index contributed by atoms with van der Waals surface area (Å²) in [5.74, 6) is 1.94. The van der Waals surface area contributed by atoms with Gasteiger partial charge in [0.2, 0.25) is 11.8 Å². The first-order valence-corrected chi connectivity index (χ1v) is 18.1. The molecule has 7 rings (SSSR count). The number of piperidine rings is 1. The van der Waals surface area contributed by atoms with Gasteiger partial charge in [-0.1, -0.05) is 17.5 Å². The van der Waals surface area contributed by atoms with Gasteiger partial charge >= 0.3 is 0 Å². The van der Waals surface area contributed by atoms with Crippen LogP contribution < -0.4 is 25.0 Å². The van der Waals surface area contributed by atoms with E-state index in [2.05, 4.69) is 36.3 Å². The van der Waals surface area contributed by atoms with Crippen molar-refractivity contribution in [3.8, 4) is 23.8 Å². The Morgan fingerprint density at radius 1 is 0.925 bits per heavy atom. The minimum Gasteiger partial charge on any atom is -0.492 e. The number of nitrogens with one attached hydrogen (secondary N) is 2. The smallest absolute Gasteiger partial charge is 0.271 e. The molecule has 0 bridgehead atoms. The zero-order chi connectivity index (χ0) is 37.1. The summed E-state index contributed by atoms with van der Waals surface area (Å²) in [6, 6.07) is 9.05. The Morgan fingerprint density at radius 3 is 2.38 bits per heavy atom. The predicted octanol–water partition coefficient (Wildman–Crippen LogP) is 2.83. The average Bonchev–Trinajstić information content (AvgIpc) is 3.41. The van der Waals surface area contributed by atoms with Gasteiger partial charge in [0.1, 0.15) is 35.7 Å². The molecule has 0 spiro atoms. The number of benzene rings is 2. The molecule has 1 aliphatic carbocycles. The lowest BCUT2D eigenvalue weighted by molar-refractivity contribution is -0.136. The van der Waals surface area contributed by atoms with Crippen LogP contribution in [0.15, 0.2) is 48.8 Å². The predicted molar refractivity (Wildman–Crippen MR) is 193 cm³/mol. The molecule has 15 heteroatoms. The fourth-order valence-corrected chi connectivity index (χ4v) is 7.32. The molecule has 1 atom stereocenters. The Labute approximate surface area is 311 Å². The third kappa shape index (κ3) is 7.96. The highest BCUT2D eigenvalue weighted by Crippen LogP contribution is 2.31. The van der Waals surface area contributed by atoms with Gasteiger partial charge in [-0.05, 0) is 62.4 Å². The summed E-state index contributed by atoms with van der Waals surface area (Å²) in [4.78, 5) is 77.1. The zero-order valence-electron chi connectivity index (χ0n) is 28.9. The standard InChI is InChI=1S/C38H38ClN7O7/c1-2-23-3-6-27(20-30(23)39)53-25-7-4-24(5-8-25)42-35(48)31-21-41-33(22-40-31)45-15-13-44(14-16-45)17-18-52-26-9-10-28-29(19-26)38(51)46(37(28)50)32-11-12-34(47)43-36(32)49/h1,3,6,9-10,19-22,24-25,32H,4-5,7-8,11-18H2,(H,42,48)(H,43,47,49). The molecule has 1 unspecified atom stereocenters. The molecule has 1 aromatic heterocycles. The number of ether oxygens (including phenoxy) is 2. The van der Waals surface area contributed by atoms with E-state index in [9.17, 15) is 24.0 Å². The number of fused-ring (bicyclic) bond motifs is 1. The van der Waals surface area contributed by atoms with Crippen LogP contribution in [0.5, 0.6) is 11.5 Å². The lowest BCUT2D eigenvalue weighted by Gasteiger charge is -2.35. The molecule has 53 heavy (non-hydrogen) atoms. The number of hydrogen-bond donors (Lipinski definition) is 2. The summed E-state index contributed by atoms with van der Waals surface area (Å²) >= 11 is 6.20. The number of imide groups is 2. The van der Waals surface area contributed by atoms with Crippen LogP contribution in [-0.4, -0.2) is 107 Å². The Bertz CT molecular complexity index is 1970. The highest BCUT2D eigenvalue weighted by atomic mass is 35.5. The van der Waals surface area contributed by atoms with E-state index in [1.165, 1.54) is 18.3 Å². The van der Waals surface area contributed by atoms with Crippen LogP contribution in [0.3, 0.4) is 0 Å². The Morgan fingerprint density at radius 2 is 1.68 bits per heavy atom. The topological polar surface area (TPSA) is 163 Å². The molecule has 2 N–H and O–H groups in total. The molecule has 274 valence electrons. The summed E-state index contributed by atoms with van der Waals surface area (Å²) < 4.78 is 12.0. The number of hydrogen-bond acceptors (Lipinski definition) is 11. The fourth-order valence-electron chi connectivity index (χ4n) is 7.10. The SMILES string of the molecule is C#Cc1ccc(OC2CCC(NC(=O)c3cnc(N4CCN(CCOc5ccc6c(c5)C(=O)N(C5CCC(=O)NC5=O)C6=O)CC4)cn3)CC2)cc1Cl. The van der Waals surface area contributed by atoms with E-state index in [-0.39, 0.29) is 47.7 Å². The number of terminal acetylenes is 1. The first-order valence-electron chi connectivity index (χ1n) is 17.7. The van der Waals surface area contributed by atoms with Gasteiger partial charge in [-0.3, -0.25) is 39.1 Å². The highest BCUT2D eigenvalue weighted by molar-refractivity contribution is 6.31. The minimum atomic E-state index is -1.01. The number of piperazine rings is 1. The van der Waals surface area contributed by atoms with Crippen LogP contribution in [0.1, 0.15) is 75.3 Å². The molecule has 2 aromatic carbocycles. The molecule has 14 nitrogen and oxygen atoms in total. The number of halogens is 1. The van der Waals surface area contributed by atoms with E-state index in [1.807, 2.05) is 6.07 Å². The van der Waals surface area contributed by atoms with Crippen molar-refractivity contribution in [3.05, 3.63) is 76.2 Å². The van der Waals surface area contributed by atoms with Gasteiger partial charge in [0.15, 0.2) is 0 Å². The van der Waals surface area contributed by atoms with Crippen LogP contribution in [0.25, 0.3) is 0 Å². The van der Waals surface area contributed by atoms with Crippen molar-refractivity contribution in [1.29, 1.82) is 0 Å². The zero-order valence-corrected chi connectivity index (χ0v) is 29.6. The van der Waals surface area contributed by atoms with Gasteiger partial charge in [-0.2, -0.15) is 0 Å². The summed E-state index contributed by atoms with van der Waals surface area (Å²) in [7, 11) is 0. The molecule has 3 aromatic rings. The normalized spacial score (nSPS) is 21.8. The molecule has 3 aliphatic heterocycles. The van der Waals surface area contributed by atoms with E-state index in [4.69, 9.17) is 27.5 Å². The monoisotopic (exact) mass is 739 g/mol. The van der Waals surface area contributed by atoms with Crippen molar-refractivity contribution in [1.82, 2.24) is 30.4 Å². The lowest BCUT2D eigenvalue weighted by atomic mass is 9.93. The second-order valence-corrected chi connectivity index (χ2v) is 13.8. The van der Waals surface area contributed by atoms with E-state index in [0.29, 0.717) is 41.1 Å². The molecular formula is C38H38ClN7O7. The molecule has 3 fully saturated rings. The second-order valence-electron chi connectivity index (χ2n) is 13.4. The van der Waals surface area contributed by atoms with Gasteiger partial charge in [0.05, 0.1) is 34.6 Å². The van der Waals surface area contributed by atoms with E-state index in [0.717, 1.165) is 56.8 Å². The number of carbonyl (C=O) groups excluding carboxylic acids is 5. The largest absolute Gasteiger partial charge is 0.492 e. The number of rotatable bonds is 10. The van der Waals surface area contributed by atoms with Crippen molar-refractivity contribution in [2.24, 2.45) is 0 Å². The van der Waals surface area contributed by atoms with Gasteiger partial charge in [-0.25, -0.2) is 9.97 Å². The Balaban J connectivity index is 0.822. The van der Waals surface area contributed by atoms with Crippen molar-refractivity contribution in [2.45, 2.75) is 56.7 Å². The quantitative estimate of drug-likeness (QED) is 0.232. The van der Waals surface area contributed by atoms with E-state index in [1.54, 1.807) is 24.4 Å². The van der Waals surface area contributed by atoms with Crippen LogP contribution in [-0.2, 0) is 9.59 Å². The molecule has 0 radical (unpaired) electrons. The van der Waals surface area contributed by atoms with E-state index >= 15 is 0 Å². The van der Waals surface area contributed by atoms with Gasteiger partial charge in [0, 0.05) is 56.8 Å². The van der Waals surface area contributed by atoms with Crippen LogP contribution >= 0.6 is 11.6 Å². The maximum atomic E-state index is 13.1. The second kappa shape index (κ2) is 15.6. The fraction of sp³-hybridized carbons (Fsp3) is 0.395. The third-order valence-electron chi connectivity index (χ3n) is 10.1. The molecule has 2 saturated heterocycles. The summed E-state index contributed by atoms with van der Waals surface area (Å²) in [6.07, 6.45) is 12.0. The van der Waals surface area contributed by atoms with Gasteiger partial charge < -0.3 is 19.7 Å². The van der Waals surface area contributed by atoms with E-state index < -0.39 is 29.7 Å². The first kappa shape index (κ1) is 35.9. The molecule has 5 amide bonds. The molecule has 4 heterocycles. The Hall–Kier alpha value is -5.52. The van der Waals surface area contributed by atoms with Gasteiger partial charge in [-0.15, -0.1) is 6.42 Å². The minimum absolute atomic E-state index is 0.0260. The number of nitrogens with zero attached hydrogens (tertiary/aromatic N) is 5. The first-order chi connectivity index (χ1) is 25.7. The molecule has 1 saturated carbocycles. The van der Waals surface area contributed by atoms with Gasteiger partial charge in [0.25, 0.3) is 17.7 Å². The maximum absolute atomic E-state index is 13.1. The number of amides is 5. The van der Waals surface area contributed by atoms with Crippen molar-refractivity contribution in [2.75, 3.05) is 44.2 Å². The molecule has 4 aliphatic rings.